The number of nitroso groups, excluding NO2 is 1. The summed E-state index contributed by atoms with van der Waals surface area (Å²) < 4.78 is 5.29. The third-order valence-corrected chi connectivity index (χ3v) is 3.63. The zero-order valence-electron chi connectivity index (χ0n) is 10.3. The second-order valence-electron chi connectivity index (χ2n) is 3.81. The molecule has 0 aliphatic carbocycles. The normalized spacial score (nSPS) is 17.4. The summed E-state index contributed by atoms with van der Waals surface area (Å²) in [6.45, 7) is 0.671. The van der Waals surface area contributed by atoms with Gasteiger partial charge in [0.2, 0.25) is 0 Å². The number of hydrogen-bond acceptors (Lipinski definition) is 6. The molecule has 1 unspecified atom stereocenters. The number of aliphatic imine (C=N–C) groups is 1. The summed E-state index contributed by atoms with van der Waals surface area (Å²) in [5, 5.41) is 5.98. The Labute approximate surface area is 114 Å². The van der Waals surface area contributed by atoms with Gasteiger partial charge in [-0.1, -0.05) is 42.1 Å². The summed E-state index contributed by atoms with van der Waals surface area (Å²) in [7, 11) is 1.35. The molecule has 1 amide bonds. The van der Waals surface area contributed by atoms with E-state index in [9.17, 15) is 9.70 Å². The summed E-state index contributed by atoms with van der Waals surface area (Å²) in [5.41, 5.74) is -1.10. The van der Waals surface area contributed by atoms with Crippen LogP contribution in [0.4, 0.5) is 0 Å². The van der Waals surface area contributed by atoms with Crippen molar-refractivity contribution >= 4 is 22.8 Å². The van der Waals surface area contributed by atoms with Crippen LogP contribution in [0.25, 0.3) is 0 Å². The Morgan fingerprint density at radius 2 is 2.21 bits per heavy atom. The molecule has 0 saturated carbocycles. The first-order valence-corrected chi connectivity index (χ1v) is 6.65. The maximum absolute atomic E-state index is 11.9. The van der Waals surface area contributed by atoms with Crippen molar-refractivity contribution in [3.05, 3.63) is 40.8 Å². The molecule has 0 spiro atoms. The molecule has 1 aromatic rings. The van der Waals surface area contributed by atoms with Crippen LogP contribution in [-0.2, 0) is 15.3 Å². The van der Waals surface area contributed by atoms with E-state index in [1.807, 2.05) is 6.07 Å². The van der Waals surface area contributed by atoms with Gasteiger partial charge in [-0.15, -0.1) is 4.91 Å². The van der Waals surface area contributed by atoms with Crippen molar-refractivity contribution in [2.75, 3.05) is 19.4 Å². The average molecular weight is 279 g/mol. The highest BCUT2D eigenvalue weighted by molar-refractivity contribution is 8.14. The van der Waals surface area contributed by atoms with Crippen molar-refractivity contribution in [2.24, 2.45) is 10.2 Å². The molecule has 6 nitrogen and oxygen atoms in total. The molecule has 1 heterocycles. The largest absolute Gasteiger partial charge is 0.347 e. The molecule has 2 rings (SSSR count). The quantitative estimate of drug-likeness (QED) is 0.667. The smallest absolute Gasteiger partial charge is 0.343 e. The number of nitrogens with one attached hydrogen (secondary N) is 1. The molecule has 100 valence electrons. The van der Waals surface area contributed by atoms with Crippen LogP contribution >= 0.6 is 11.8 Å². The summed E-state index contributed by atoms with van der Waals surface area (Å²) in [4.78, 5) is 26.8. The Bertz CT molecular complexity index is 506. The van der Waals surface area contributed by atoms with Gasteiger partial charge in [-0.05, 0) is 0 Å². The lowest BCUT2D eigenvalue weighted by molar-refractivity contribution is -0.143. The molecule has 0 saturated heterocycles. The molecular weight excluding hydrogens is 266 g/mol. The molecule has 1 N–H and O–H groups in total. The lowest BCUT2D eigenvalue weighted by Gasteiger charge is -2.29. The molecule has 7 heteroatoms. The van der Waals surface area contributed by atoms with Crippen molar-refractivity contribution < 1.29 is 9.53 Å². The average Bonchev–Trinajstić information content (AvgIpc) is 2.97. The first kappa shape index (κ1) is 13.7. The van der Waals surface area contributed by atoms with Crippen LogP contribution in [-0.4, -0.2) is 30.5 Å². The van der Waals surface area contributed by atoms with Crippen LogP contribution in [0.2, 0.25) is 0 Å². The number of amides is 1. The van der Waals surface area contributed by atoms with Crippen LogP contribution in [0.3, 0.4) is 0 Å². The van der Waals surface area contributed by atoms with Gasteiger partial charge in [-0.25, -0.2) is 0 Å². The topological polar surface area (TPSA) is 80.1 Å². The van der Waals surface area contributed by atoms with Crippen molar-refractivity contribution in [1.82, 2.24) is 5.32 Å². The highest BCUT2D eigenvalue weighted by atomic mass is 32.2. The molecule has 1 aromatic carbocycles. The molecule has 1 aliphatic rings. The number of thioether (sulfide) groups is 1. The number of benzene rings is 1. The number of amidine groups is 1. The van der Waals surface area contributed by atoms with E-state index < -0.39 is 11.6 Å². The van der Waals surface area contributed by atoms with Crippen LogP contribution in [0.5, 0.6) is 0 Å². The maximum atomic E-state index is 11.9. The fourth-order valence-electron chi connectivity index (χ4n) is 1.80. The molecule has 19 heavy (non-hydrogen) atoms. The number of methoxy groups -OCH3 is 1. The fraction of sp³-hybridized carbons (Fsp3) is 0.333. The summed E-state index contributed by atoms with van der Waals surface area (Å²) in [5.74, 6) is -0.101. The Morgan fingerprint density at radius 1 is 1.47 bits per heavy atom. The van der Waals surface area contributed by atoms with Gasteiger partial charge in [0.1, 0.15) is 0 Å². The summed E-state index contributed by atoms with van der Waals surface area (Å²) in [6.07, 6.45) is 0. The Hall–Kier alpha value is -1.73. The van der Waals surface area contributed by atoms with E-state index in [1.165, 1.54) is 18.9 Å². The zero-order chi connectivity index (χ0) is 13.7. The zero-order valence-corrected chi connectivity index (χ0v) is 11.1. The first-order chi connectivity index (χ1) is 9.23. The van der Waals surface area contributed by atoms with Gasteiger partial charge in [-0.2, -0.15) is 0 Å². The minimum atomic E-state index is -1.61. The predicted molar refractivity (Wildman–Crippen MR) is 73.8 cm³/mol. The Kier molecular flexibility index (Phi) is 4.28. The van der Waals surface area contributed by atoms with Crippen molar-refractivity contribution in [3.8, 4) is 0 Å². The van der Waals surface area contributed by atoms with Gasteiger partial charge in [0.05, 0.1) is 6.54 Å². The van der Waals surface area contributed by atoms with E-state index in [0.29, 0.717) is 17.3 Å². The molecular formula is C12H13N3O3S. The second kappa shape index (κ2) is 5.94. The van der Waals surface area contributed by atoms with Crippen molar-refractivity contribution in [3.63, 3.8) is 0 Å². The second-order valence-corrected chi connectivity index (χ2v) is 4.89. The van der Waals surface area contributed by atoms with E-state index in [-0.39, 0.29) is 0 Å². The third-order valence-electron chi connectivity index (χ3n) is 2.74. The van der Waals surface area contributed by atoms with Gasteiger partial charge >= 0.3 is 5.91 Å². The summed E-state index contributed by atoms with van der Waals surface area (Å²) >= 11 is 1.47. The van der Waals surface area contributed by atoms with Crippen molar-refractivity contribution in [2.45, 2.75) is 5.72 Å². The number of rotatable bonds is 4. The van der Waals surface area contributed by atoms with Gasteiger partial charge in [0, 0.05) is 23.6 Å². The number of nitrogens with zero attached hydrogens (tertiary/aromatic N) is 2. The number of carbonyl (C=O) groups excluding carboxylic acids is 1. The SMILES string of the molecule is COC(NC1=NCCS1)(C(=O)N=O)c1ccccc1. The molecule has 0 radical (unpaired) electrons. The van der Waals surface area contributed by atoms with E-state index in [2.05, 4.69) is 15.5 Å². The van der Waals surface area contributed by atoms with E-state index in [4.69, 9.17) is 4.74 Å². The van der Waals surface area contributed by atoms with E-state index >= 15 is 0 Å². The monoisotopic (exact) mass is 279 g/mol. The lowest BCUT2D eigenvalue weighted by Crippen LogP contribution is -2.51. The number of hydrogen-bond donors (Lipinski definition) is 1. The number of ether oxygens (including phenoxy) is 1. The highest BCUT2D eigenvalue weighted by Crippen LogP contribution is 2.26. The molecule has 0 bridgehead atoms. The van der Waals surface area contributed by atoms with Gasteiger partial charge in [0.15, 0.2) is 5.17 Å². The van der Waals surface area contributed by atoms with Gasteiger partial charge in [0.25, 0.3) is 5.72 Å². The van der Waals surface area contributed by atoms with E-state index in [1.54, 1.807) is 24.3 Å². The van der Waals surface area contributed by atoms with Crippen LogP contribution < -0.4 is 5.32 Å². The van der Waals surface area contributed by atoms with Crippen molar-refractivity contribution in [1.29, 1.82) is 0 Å². The van der Waals surface area contributed by atoms with Gasteiger partial charge in [-0.3, -0.25) is 9.79 Å². The van der Waals surface area contributed by atoms with Crippen LogP contribution in [0.15, 0.2) is 40.5 Å². The molecule has 1 aliphatic heterocycles. The predicted octanol–water partition coefficient (Wildman–Crippen LogP) is 1.47. The van der Waals surface area contributed by atoms with Gasteiger partial charge < -0.3 is 10.1 Å². The maximum Gasteiger partial charge on any atom is 0.343 e. The molecule has 1 atom stereocenters. The lowest BCUT2D eigenvalue weighted by atomic mass is 10.0. The molecule has 0 fully saturated rings. The number of carbonyl (C=O) groups is 1. The van der Waals surface area contributed by atoms with E-state index in [0.717, 1.165) is 5.75 Å². The Morgan fingerprint density at radius 3 is 2.74 bits per heavy atom. The minimum Gasteiger partial charge on any atom is -0.347 e. The minimum absolute atomic E-state index is 0.511. The third kappa shape index (κ3) is 2.66. The van der Waals surface area contributed by atoms with Crippen LogP contribution in [0.1, 0.15) is 5.56 Å². The highest BCUT2D eigenvalue weighted by Gasteiger charge is 2.43. The standard InChI is InChI=1S/C12H13N3O3S/c1-18-12(10(16)15-17,9-5-3-2-4-6-9)14-11-13-7-8-19-11/h2-6H,7-8H2,1H3,(H,13,14). The molecule has 0 aromatic heterocycles. The Balaban J connectivity index is 2.41. The van der Waals surface area contributed by atoms with Crippen LogP contribution in [0, 0.1) is 4.91 Å². The first-order valence-electron chi connectivity index (χ1n) is 5.67. The summed E-state index contributed by atoms with van der Waals surface area (Å²) in [6, 6.07) is 8.71. The fourth-order valence-corrected chi connectivity index (χ4v) is 2.58.